The molecule has 140 valence electrons. The average molecular weight is 392 g/mol. The van der Waals surface area contributed by atoms with Gasteiger partial charge in [0.2, 0.25) is 0 Å². The molecule has 0 aliphatic heterocycles. The molecule has 0 amide bonds. The van der Waals surface area contributed by atoms with E-state index >= 15 is 0 Å². The second kappa shape index (κ2) is 7.84. The van der Waals surface area contributed by atoms with Crippen LogP contribution in [0.5, 0.6) is 0 Å². The normalized spacial score (nSPS) is 19.1. The molecule has 2 aromatic rings. The summed E-state index contributed by atoms with van der Waals surface area (Å²) in [6.45, 7) is 6.24. The van der Waals surface area contributed by atoms with Crippen molar-refractivity contribution in [3.63, 3.8) is 0 Å². The van der Waals surface area contributed by atoms with E-state index < -0.39 is 5.54 Å². The van der Waals surface area contributed by atoms with Crippen LogP contribution in [0.25, 0.3) is 0 Å². The molecule has 0 spiro atoms. The number of nitrogens with zero attached hydrogens (tertiary/aromatic N) is 2. The van der Waals surface area contributed by atoms with Gasteiger partial charge in [0.1, 0.15) is 5.82 Å². The van der Waals surface area contributed by atoms with Gasteiger partial charge in [-0.3, -0.25) is 0 Å². The maximum atomic E-state index is 6.72. The lowest BCUT2D eigenvalue weighted by atomic mass is 9.78. The largest absolute Gasteiger partial charge is 0.320 e. The van der Waals surface area contributed by atoms with Gasteiger partial charge in [-0.2, -0.15) is 0 Å². The highest BCUT2D eigenvalue weighted by molar-refractivity contribution is 6.35. The Morgan fingerprint density at radius 1 is 1.27 bits per heavy atom. The number of unbranched alkanes of at least 4 members (excludes halogenated alkanes) is 1. The highest BCUT2D eigenvalue weighted by atomic mass is 35.5. The lowest BCUT2D eigenvalue weighted by molar-refractivity contribution is 0.410. The zero-order chi connectivity index (χ0) is 18.9. The minimum absolute atomic E-state index is 0.172. The van der Waals surface area contributed by atoms with E-state index in [4.69, 9.17) is 38.9 Å². The van der Waals surface area contributed by atoms with Gasteiger partial charge in [0.05, 0.1) is 16.9 Å². The van der Waals surface area contributed by atoms with E-state index in [1.54, 1.807) is 0 Å². The van der Waals surface area contributed by atoms with Crippen molar-refractivity contribution < 1.29 is 0 Å². The molecule has 1 aliphatic carbocycles. The molecule has 2 unspecified atom stereocenters. The molecule has 1 aromatic carbocycles. The Morgan fingerprint density at radius 3 is 2.73 bits per heavy atom. The first-order valence-corrected chi connectivity index (χ1v) is 10.2. The third-order valence-corrected chi connectivity index (χ3v) is 5.89. The third-order valence-electron chi connectivity index (χ3n) is 5.33. The minimum Gasteiger partial charge on any atom is -0.320 e. The van der Waals surface area contributed by atoms with Crippen molar-refractivity contribution in [2.75, 3.05) is 0 Å². The Kier molecular flexibility index (Phi) is 5.91. The molecule has 0 fully saturated rings. The number of hydrogen-bond acceptors (Lipinski definition) is 3. The summed E-state index contributed by atoms with van der Waals surface area (Å²) in [5.74, 6) is 0.954. The molecule has 2 N–H and O–H groups in total. The van der Waals surface area contributed by atoms with E-state index in [-0.39, 0.29) is 5.92 Å². The van der Waals surface area contributed by atoms with E-state index in [1.165, 1.54) is 5.56 Å². The molecule has 2 atom stereocenters. The van der Waals surface area contributed by atoms with Crippen LogP contribution in [0.1, 0.15) is 80.2 Å². The zero-order valence-electron chi connectivity index (χ0n) is 15.8. The van der Waals surface area contributed by atoms with E-state index in [0.717, 1.165) is 61.3 Å². The summed E-state index contributed by atoms with van der Waals surface area (Å²) in [4.78, 5) is 9.62. The maximum Gasteiger partial charge on any atom is 0.125 e. The minimum atomic E-state index is -0.431. The molecule has 1 aliphatic rings. The van der Waals surface area contributed by atoms with Gasteiger partial charge >= 0.3 is 0 Å². The van der Waals surface area contributed by atoms with Gasteiger partial charge in [0.25, 0.3) is 0 Å². The molecule has 26 heavy (non-hydrogen) atoms. The SMILES string of the molecule is CCCCC(C)(N)c1nc(C)nc2c1CCCC2c1ccc(Cl)cc1Cl. The summed E-state index contributed by atoms with van der Waals surface area (Å²) in [6.07, 6.45) is 6.24. The Bertz CT molecular complexity index is 802. The summed E-state index contributed by atoms with van der Waals surface area (Å²) in [7, 11) is 0. The number of aromatic nitrogens is 2. The van der Waals surface area contributed by atoms with Crippen molar-refractivity contribution in [1.29, 1.82) is 0 Å². The molecule has 3 rings (SSSR count). The van der Waals surface area contributed by atoms with Crippen LogP contribution in [-0.4, -0.2) is 9.97 Å². The van der Waals surface area contributed by atoms with Gasteiger partial charge in [-0.15, -0.1) is 0 Å². The molecule has 0 saturated heterocycles. The topological polar surface area (TPSA) is 51.8 Å². The molecule has 1 aromatic heterocycles. The number of aryl methyl sites for hydroxylation is 1. The van der Waals surface area contributed by atoms with Crippen molar-refractivity contribution in [3.8, 4) is 0 Å². The van der Waals surface area contributed by atoms with Crippen molar-refractivity contribution >= 4 is 23.2 Å². The number of hydrogen-bond donors (Lipinski definition) is 1. The van der Waals surface area contributed by atoms with Crippen LogP contribution in [-0.2, 0) is 12.0 Å². The van der Waals surface area contributed by atoms with Gasteiger partial charge in [0, 0.05) is 16.0 Å². The first-order chi connectivity index (χ1) is 12.3. The quantitative estimate of drug-likeness (QED) is 0.687. The molecular weight excluding hydrogens is 365 g/mol. The molecule has 0 bridgehead atoms. The van der Waals surface area contributed by atoms with Crippen LogP contribution < -0.4 is 5.73 Å². The van der Waals surface area contributed by atoms with E-state index in [2.05, 4.69) is 13.8 Å². The van der Waals surface area contributed by atoms with E-state index in [1.807, 2.05) is 25.1 Å². The summed E-state index contributed by atoms with van der Waals surface area (Å²) in [6, 6.07) is 5.75. The van der Waals surface area contributed by atoms with Gasteiger partial charge in [-0.25, -0.2) is 9.97 Å². The van der Waals surface area contributed by atoms with Crippen molar-refractivity contribution in [1.82, 2.24) is 9.97 Å². The standard InChI is InChI=1S/C21H27Cl2N3/c1-4-5-11-21(3,24)20-17-8-6-7-16(19(17)25-13(2)26-20)15-10-9-14(22)12-18(15)23/h9-10,12,16H,4-8,11,24H2,1-3H3. The zero-order valence-corrected chi connectivity index (χ0v) is 17.3. The Balaban J connectivity index is 2.10. The van der Waals surface area contributed by atoms with E-state index in [0.29, 0.717) is 10.0 Å². The fraction of sp³-hybridized carbons (Fsp3) is 0.524. The van der Waals surface area contributed by atoms with Crippen molar-refractivity contribution in [3.05, 3.63) is 56.6 Å². The van der Waals surface area contributed by atoms with Gasteiger partial charge in [-0.05, 0) is 62.8 Å². The second-order valence-corrected chi connectivity index (χ2v) is 8.46. The van der Waals surface area contributed by atoms with Gasteiger partial charge in [-0.1, -0.05) is 49.0 Å². The lowest BCUT2D eigenvalue weighted by Gasteiger charge is -2.32. The van der Waals surface area contributed by atoms with Crippen molar-refractivity contribution in [2.45, 2.75) is 70.8 Å². The second-order valence-electron chi connectivity index (χ2n) is 7.61. The molecule has 5 heteroatoms. The molecule has 1 heterocycles. The molecule has 0 saturated carbocycles. The number of benzene rings is 1. The number of fused-ring (bicyclic) bond motifs is 1. The Labute approximate surface area is 166 Å². The van der Waals surface area contributed by atoms with Crippen LogP contribution in [0.15, 0.2) is 18.2 Å². The summed E-state index contributed by atoms with van der Waals surface area (Å²) in [5.41, 5.74) is 10.7. The van der Waals surface area contributed by atoms with Crippen LogP contribution >= 0.6 is 23.2 Å². The number of halogens is 2. The summed E-state index contributed by atoms with van der Waals surface area (Å²) >= 11 is 12.6. The van der Waals surface area contributed by atoms with Crippen LogP contribution in [0.4, 0.5) is 0 Å². The predicted molar refractivity (Wildman–Crippen MR) is 109 cm³/mol. The lowest BCUT2D eigenvalue weighted by Crippen LogP contribution is -2.37. The first kappa shape index (κ1) is 19.6. The van der Waals surface area contributed by atoms with E-state index in [9.17, 15) is 0 Å². The highest BCUT2D eigenvalue weighted by Crippen LogP contribution is 2.41. The van der Waals surface area contributed by atoms with Crippen LogP contribution in [0.2, 0.25) is 10.0 Å². The van der Waals surface area contributed by atoms with Gasteiger partial charge in [0.15, 0.2) is 0 Å². The molecule has 0 radical (unpaired) electrons. The fourth-order valence-electron chi connectivity index (χ4n) is 3.99. The predicted octanol–water partition coefficient (Wildman–Crippen LogP) is 5.92. The maximum absolute atomic E-state index is 6.72. The monoisotopic (exact) mass is 391 g/mol. The van der Waals surface area contributed by atoms with Crippen LogP contribution in [0, 0.1) is 6.92 Å². The molecule has 3 nitrogen and oxygen atoms in total. The van der Waals surface area contributed by atoms with Gasteiger partial charge < -0.3 is 5.73 Å². The molecular formula is C21H27Cl2N3. The smallest absolute Gasteiger partial charge is 0.125 e. The fourth-order valence-corrected chi connectivity index (χ4v) is 4.53. The highest BCUT2D eigenvalue weighted by Gasteiger charge is 2.33. The number of nitrogens with two attached hydrogens (primary N) is 1. The summed E-state index contributed by atoms with van der Waals surface area (Å²) in [5, 5.41) is 1.36. The third kappa shape index (κ3) is 3.90. The average Bonchev–Trinajstić information content (AvgIpc) is 2.59. The Hall–Kier alpha value is -1.16. The summed E-state index contributed by atoms with van der Waals surface area (Å²) < 4.78 is 0. The first-order valence-electron chi connectivity index (χ1n) is 9.45. The Morgan fingerprint density at radius 2 is 2.04 bits per heavy atom. The van der Waals surface area contributed by atoms with Crippen molar-refractivity contribution in [2.24, 2.45) is 5.73 Å². The van der Waals surface area contributed by atoms with Crippen LogP contribution in [0.3, 0.4) is 0 Å². The number of rotatable bonds is 5.